The van der Waals surface area contributed by atoms with Crippen LogP contribution in [0.3, 0.4) is 0 Å². The van der Waals surface area contributed by atoms with Crippen LogP contribution in [-0.2, 0) is 10.9 Å². The molecule has 0 radical (unpaired) electrons. The molecule has 3 nitrogen and oxygen atoms in total. The molecule has 1 fully saturated rings. The third-order valence-electron chi connectivity index (χ3n) is 5.55. The average Bonchev–Trinajstić information content (AvgIpc) is 2.72. The first kappa shape index (κ1) is 23.9. The molecule has 0 aliphatic heterocycles. The van der Waals surface area contributed by atoms with Gasteiger partial charge in [0.25, 0.3) is 0 Å². The van der Waals surface area contributed by atoms with Crippen LogP contribution in [0.5, 0.6) is 11.5 Å². The minimum Gasteiger partial charge on any atom is -0.429 e. The highest BCUT2D eigenvalue weighted by Crippen LogP contribution is 2.36. The predicted molar refractivity (Wildman–Crippen MR) is 103 cm³/mol. The first-order valence-corrected chi connectivity index (χ1v) is 10.3. The Kier molecular flexibility index (Phi) is 7.36. The van der Waals surface area contributed by atoms with Crippen molar-refractivity contribution in [1.82, 2.24) is 0 Å². The van der Waals surface area contributed by atoms with Gasteiger partial charge >= 0.3 is 12.1 Å². The zero-order chi connectivity index (χ0) is 23.5. The van der Waals surface area contributed by atoms with Crippen molar-refractivity contribution in [2.45, 2.75) is 51.6 Å². The highest BCUT2D eigenvalue weighted by molar-refractivity contribution is 5.75. The fraction of sp³-hybridized carbons (Fsp3) is 0.435. The van der Waals surface area contributed by atoms with Crippen LogP contribution in [0.25, 0.3) is 0 Å². The molecule has 9 heteroatoms. The van der Waals surface area contributed by atoms with E-state index >= 15 is 0 Å². The molecule has 0 bridgehead atoms. The first-order valence-electron chi connectivity index (χ1n) is 10.3. The Bertz CT molecular complexity index is 947. The van der Waals surface area contributed by atoms with E-state index in [0.717, 1.165) is 31.7 Å². The highest BCUT2D eigenvalue weighted by Gasteiger charge is 2.38. The van der Waals surface area contributed by atoms with Gasteiger partial charge in [-0.25, -0.2) is 17.6 Å². The number of hydrogen-bond donors (Lipinski definition) is 0. The second kappa shape index (κ2) is 9.83. The Morgan fingerprint density at radius 2 is 1.53 bits per heavy atom. The number of ether oxygens (including phenoxy) is 2. The van der Waals surface area contributed by atoms with Crippen molar-refractivity contribution in [3.63, 3.8) is 0 Å². The molecule has 1 aliphatic carbocycles. The number of hydrogen-bond acceptors (Lipinski definition) is 3. The van der Waals surface area contributed by atoms with Crippen LogP contribution in [0.1, 0.15) is 51.0 Å². The van der Waals surface area contributed by atoms with E-state index in [-0.39, 0.29) is 23.8 Å². The van der Waals surface area contributed by atoms with Crippen molar-refractivity contribution in [3.8, 4) is 11.5 Å². The Labute approximate surface area is 181 Å². The summed E-state index contributed by atoms with van der Waals surface area (Å²) >= 11 is 0. The van der Waals surface area contributed by atoms with Crippen molar-refractivity contribution < 1.29 is 40.6 Å². The van der Waals surface area contributed by atoms with Gasteiger partial charge in [0.15, 0.2) is 17.5 Å². The summed E-state index contributed by atoms with van der Waals surface area (Å²) < 4.78 is 91.8. The van der Waals surface area contributed by atoms with E-state index in [2.05, 4.69) is 11.7 Å². The molecule has 1 aliphatic rings. The van der Waals surface area contributed by atoms with E-state index in [0.29, 0.717) is 30.9 Å². The van der Waals surface area contributed by atoms with E-state index in [4.69, 9.17) is 4.74 Å². The average molecular weight is 460 g/mol. The van der Waals surface area contributed by atoms with Gasteiger partial charge in [-0.15, -0.1) is 0 Å². The Morgan fingerprint density at radius 3 is 2.09 bits per heavy atom. The minimum absolute atomic E-state index is 0.218. The molecule has 2 aromatic rings. The van der Waals surface area contributed by atoms with Crippen molar-refractivity contribution in [2.24, 2.45) is 11.8 Å². The fourth-order valence-electron chi connectivity index (χ4n) is 3.88. The van der Waals surface area contributed by atoms with Crippen LogP contribution in [0, 0.1) is 35.1 Å². The van der Waals surface area contributed by atoms with Crippen molar-refractivity contribution in [3.05, 3.63) is 59.2 Å². The second-order valence-corrected chi connectivity index (χ2v) is 7.89. The van der Waals surface area contributed by atoms with Gasteiger partial charge in [-0.3, -0.25) is 4.79 Å². The van der Waals surface area contributed by atoms with E-state index < -0.39 is 46.7 Å². The Balaban J connectivity index is 1.67. The van der Waals surface area contributed by atoms with Crippen LogP contribution in [-0.4, -0.2) is 5.97 Å². The van der Waals surface area contributed by atoms with Crippen molar-refractivity contribution >= 4 is 5.97 Å². The lowest BCUT2D eigenvalue weighted by molar-refractivity contribution is -0.187. The molecule has 0 heterocycles. The minimum atomic E-state index is -4.33. The first-order chi connectivity index (χ1) is 15.1. The molecule has 0 saturated heterocycles. The predicted octanol–water partition coefficient (Wildman–Crippen LogP) is 6.88. The van der Waals surface area contributed by atoms with Gasteiger partial charge in [0.2, 0.25) is 0 Å². The summed E-state index contributed by atoms with van der Waals surface area (Å²) in [4.78, 5) is 12.3. The maximum Gasteiger partial charge on any atom is 0.429 e. The highest BCUT2D eigenvalue weighted by atomic mass is 19.3. The monoisotopic (exact) mass is 460 g/mol. The quantitative estimate of drug-likeness (QED) is 0.196. The van der Waals surface area contributed by atoms with Gasteiger partial charge in [-0.2, -0.15) is 8.78 Å². The third kappa shape index (κ3) is 5.55. The molecular formula is C23H22F6O3. The van der Waals surface area contributed by atoms with Gasteiger partial charge in [-0.1, -0.05) is 19.8 Å². The number of esters is 1. The molecule has 1 saturated carbocycles. The van der Waals surface area contributed by atoms with Crippen molar-refractivity contribution in [2.75, 3.05) is 0 Å². The van der Waals surface area contributed by atoms with Gasteiger partial charge in [0, 0.05) is 18.2 Å². The van der Waals surface area contributed by atoms with Gasteiger partial charge in [0.1, 0.15) is 22.9 Å². The molecule has 2 aromatic carbocycles. The van der Waals surface area contributed by atoms with Crippen LogP contribution in [0.2, 0.25) is 0 Å². The number of rotatable bonds is 7. The summed E-state index contributed by atoms with van der Waals surface area (Å²) in [5.74, 6) is -8.35. The lowest BCUT2D eigenvalue weighted by Crippen LogP contribution is -2.26. The largest absolute Gasteiger partial charge is 0.429 e. The van der Waals surface area contributed by atoms with Crippen LogP contribution in [0.4, 0.5) is 26.3 Å². The smallest absolute Gasteiger partial charge is 0.429 e. The molecule has 0 N–H and O–H groups in total. The second-order valence-electron chi connectivity index (χ2n) is 7.89. The standard InChI is InChI=1S/C23H22F6O3/c1-2-3-13-4-6-14(7-5-13)22(30)31-15-8-9-17(18(24)10-15)23(28,29)32-16-11-19(25)21(27)20(26)12-16/h8-14H,2-7H2,1H3. The number of alkyl halides is 2. The Morgan fingerprint density at radius 1 is 0.938 bits per heavy atom. The van der Waals surface area contributed by atoms with Crippen LogP contribution in [0.15, 0.2) is 30.3 Å². The summed E-state index contributed by atoms with van der Waals surface area (Å²) in [5, 5.41) is 0. The third-order valence-corrected chi connectivity index (χ3v) is 5.55. The van der Waals surface area contributed by atoms with E-state index in [1.165, 1.54) is 0 Å². The number of carbonyl (C=O) groups is 1. The van der Waals surface area contributed by atoms with E-state index in [9.17, 15) is 31.1 Å². The van der Waals surface area contributed by atoms with Crippen LogP contribution < -0.4 is 9.47 Å². The summed E-state index contributed by atoms with van der Waals surface area (Å²) in [6, 6.07) is 2.67. The summed E-state index contributed by atoms with van der Waals surface area (Å²) in [5.41, 5.74) is -1.25. The molecular weight excluding hydrogens is 438 g/mol. The van der Waals surface area contributed by atoms with Gasteiger partial charge < -0.3 is 9.47 Å². The zero-order valence-electron chi connectivity index (χ0n) is 17.3. The number of benzene rings is 2. The molecule has 3 rings (SSSR count). The number of halogens is 6. The normalized spacial score (nSPS) is 19.0. The molecule has 32 heavy (non-hydrogen) atoms. The van der Waals surface area contributed by atoms with Gasteiger partial charge in [0.05, 0.1) is 5.92 Å². The maximum absolute atomic E-state index is 14.3. The molecule has 0 aromatic heterocycles. The van der Waals surface area contributed by atoms with Crippen molar-refractivity contribution in [1.29, 1.82) is 0 Å². The zero-order valence-corrected chi connectivity index (χ0v) is 17.3. The van der Waals surface area contributed by atoms with Gasteiger partial charge in [-0.05, 0) is 43.7 Å². The summed E-state index contributed by atoms with van der Waals surface area (Å²) in [7, 11) is 0. The SMILES string of the molecule is CCCC1CCC(C(=O)Oc2ccc(C(F)(F)Oc3cc(F)c(F)c(F)c3)c(F)c2)CC1. The number of carbonyl (C=O) groups excluding carboxylic acids is 1. The molecule has 174 valence electrons. The van der Waals surface area contributed by atoms with E-state index in [1.807, 2.05) is 0 Å². The summed E-state index contributed by atoms with van der Waals surface area (Å²) in [6.45, 7) is 2.10. The molecule has 0 amide bonds. The lowest BCUT2D eigenvalue weighted by Gasteiger charge is -2.26. The molecule has 0 unspecified atom stereocenters. The molecule has 0 atom stereocenters. The topological polar surface area (TPSA) is 35.5 Å². The van der Waals surface area contributed by atoms with E-state index in [1.54, 1.807) is 0 Å². The maximum atomic E-state index is 14.3. The molecule has 0 spiro atoms. The fourth-order valence-corrected chi connectivity index (χ4v) is 3.88. The summed E-state index contributed by atoms with van der Waals surface area (Å²) in [6.07, 6.45) is 0.944. The lowest BCUT2D eigenvalue weighted by atomic mass is 9.80. The Hall–Kier alpha value is -2.71. The van der Waals surface area contributed by atoms with Crippen LogP contribution >= 0.6 is 0 Å².